The van der Waals surface area contributed by atoms with Gasteiger partial charge in [0.1, 0.15) is 23.5 Å². The molecular formula is C29H30F3N7O2. The molecule has 0 aromatic carbocycles. The van der Waals surface area contributed by atoms with Gasteiger partial charge in [0.2, 0.25) is 5.88 Å². The smallest absolute Gasteiger partial charge is 0.392 e. The molecular weight excluding hydrogens is 535 g/mol. The number of methoxy groups -OCH3 is 1. The number of alkyl halides is 3. The Morgan fingerprint density at radius 3 is 2.73 bits per heavy atom. The number of pyridine rings is 1. The molecule has 2 aromatic rings. The van der Waals surface area contributed by atoms with Crippen LogP contribution in [-0.4, -0.2) is 38.7 Å². The summed E-state index contributed by atoms with van der Waals surface area (Å²) in [7, 11) is 1.50. The molecule has 0 radical (unpaired) electrons. The number of aryl methyl sites for hydroxylation is 1. The number of aliphatic imine (C=N–C) groups is 1. The van der Waals surface area contributed by atoms with Gasteiger partial charge in [-0.2, -0.15) is 13.2 Å². The van der Waals surface area contributed by atoms with Gasteiger partial charge in [-0.25, -0.2) is 20.8 Å². The third kappa shape index (κ3) is 7.32. The number of nitrogens with two attached hydrogens (primary N) is 2. The molecule has 0 saturated heterocycles. The molecule has 12 heteroatoms. The molecule has 0 unspecified atom stereocenters. The van der Waals surface area contributed by atoms with Crippen molar-refractivity contribution in [2.75, 3.05) is 7.11 Å². The van der Waals surface area contributed by atoms with Crippen LogP contribution in [0, 0.1) is 6.92 Å². The van der Waals surface area contributed by atoms with Gasteiger partial charge < -0.3 is 10.5 Å². The molecule has 2 heterocycles. The van der Waals surface area contributed by atoms with E-state index >= 15 is 0 Å². The van der Waals surface area contributed by atoms with E-state index in [1.54, 1.807) is 24.3 Å². The Hall–Kier alpha value is -4.63. The number of amidine groups is 1. The third-order valence-electron chi connectivity index (χ3n) is 6.46. The van der Waals surface area contributed by atoms with Crippen molar-refractivity contribution in [3.8, 4) is 5.88 Å². The number of hydrazine groups is 1. The van der Waals surface area contributed by atoms with Crippen molar-refractivity contribution < 1.29 is 17.9 Å². The van der Waals surface area contributed by atoms with Crippen LogP contribution in [0.5, 0.6) is 5.88 Å². The number of ether oxygens (including phenoxy) is 1. The lowest BCUT2D eigenvalue weighted by atomic mass is 10.1. The second kappa shape index (κ2) is 12.3. The second-order valence-corrected chi connectivity index (χ2v) is 9.60. The number of hydrogen-bond acceptors (Lipinski definition) is 7. The van der Waals surface area contributed by atoms with Crippen LogP contribution < -0.4 is 21.9 Å². The van der Waals surface area contributed by atoms with E-state index in [1.807, 2.05) is 6.92 Å². The maximum Gasteiger partial charge on any atom is 0.392 e. The molecule has 41 heavy (non-hydrogen) atoms. The Kier molecular flexibility index (Phi) is 8.78. The van der Waals surface area contributed by atoms with Crippen LogP contribution in [0.4, 0.5) is 19.0 Å². The molecule has 1 fully saturated rings. The van der Waals surface area contributed by atoms with Crippen LogP contribution in [-0.2, 0) is 6.54 Å². The highest BCUT2D eigenvalue weighted by molar-refractivity contribution is 6.02. The van der Waals surface area contributed by atoms with Gasteiger partial charge in [-0.1, -0.05) is 12.1 Å². The van der Waals surface area contributed by atoms with Crippen LogP contribution in [0.2, 0.25) is 0 Å². The Balaban J connectivity index is 1.67. The standard InChI is InChI=1S/C29H30F3N7O2/c1-18-10-13-23(40)38(27(18)37-26(33)24-25(21-11-12-21)35-17-36-28(24)41-3)16-20-6-4-8-22(9-5-7-20)39(34)19(2)14-15-29(30,31)32/h4,7-10,13-14,17,21H,11-12,15-16,34H2,1-3H3,(H2,33,37)/b19-14-,22-8+. The van der Waals surface area contributed by atoms with Gasteiger partial charge in [-0.05, 0) is 50.5 Å². The first kappa shape index (κ1) is 29.4. The topological polar surface area (TPSA) is 125 Å². The lowest BCUT2D eigenvalue weighted by Crippen LogP contribution is -2.28. The summed E-state index contributed by atoms with van der Waals surface area (Å²) >= 11 is 0. The Labute approximate surface area is 235 Å². The highest BCUT2D eigenvalue weighted by Gasteiger charge is 2.31. The highest BCUT2D eigenvalue weighted by atomic mass is 19.4. The molecule has 9 nitrogen and oxygen atoms in total. The van der Waals surface area contributed by atoms with E-state index in [0.29, 0.717) is 34.1 Å². The Morgan fingerprint density at radius 1 is 1.29 bits per heavy atom. The lowest BCUT2D eigenvalue weighted by Gasteiger charge is -2.20. The van der Waals surface area contributed by atoms with Crippen molar-refractivity contribution in [2.24, 2.45) is 16.6 Å². The average Bonchev–Trinajstić information content (AvgIpc) is 3.76. The maximum atomic E-state index is 13.0. The van der Waals surface area contributed by atoms with Crippen LogP contribution in [0.25, 0.3) is 0 Å². The first-order valence-corrected chi connectivity index (χ1v) is 12.8. The summed E-state index contributed by atoms with van der Waals surface area (Å²) in [4.78, 5) is 26.2. The van der Waals surface area contributed by atoms with Gasteiger partial charge in [-0.15, -0.1) is 11.5 Å². The normalized spacial score (nSPS) is 17.0. The van der Waals surface area contributed by atoms with Crippen molar-refractivity contribution in [2.45, 2.75) is 51.7 Å². The molecule has 0 atom stereocenters. The Morgan fingerprint density at radius 2 is 2.05 bits per heavy atom. The average molecular weight is 566 g/mol. The van der Waals surface area contributed by atoms with Gasteiger partial charge in [-0.3, -0.25) is 14.4 Å². The quantitative estimate of drug-likeness (QED) is 0.150. The summed E-state index contributed by atoms with van der Waals surface area (Å²) in [5.41, 5.74) is 15.4. The van der Waals surface area contributed by atoms with E-state index in [1.165, 1.54) is 37.1 Å². The van der Waals surface area contributed by atoms with E-state index in [4.69, 9.17) is 16.3 Å². The molecule has 214 valence electrons. The molecule has 0 amide bonds. The zero-order chi connectivity index (χ0) is 29.7. The Bertz CT molecular complexity index is 1620. The summed E-state index contributed by atoms with van der Waals surface area (Å²) in [6.07, 6.45) is 5.28. The number of aromatic nitrogens is 3. The van der Waals surface area contributed by atoms with E-state index in [0.717, 1.165) is 29.6 Å². The van der Waals surface area contributed by atoms with Crippen LogP contribution in [0.1, 0.15) is 48.9 Å². The van der Waals surface area contributed by atoms with Gasteiger partial charge in [0.05, 0.1) is 31.5 Å². The van der Waals surface area contributed by atoms with Crippen LogP contribution in [0.3, 0.4) is 0 Å². The predicted octanol–water partition coefficient (Wildman–Crippen LogP) is 4.59. The fraction of sp³-hybridized carbons (Fsp3) is 0.310. The summed E-state index contributed by atoms with van der Waals surface area (Å²) in [6.45, 7) is 3.40. The van der Waals surface area contributed by atoms with E-state index < -0.39 is 12.6 Å². The number of allylic oxidation sites excluding steroid dienone is 5. The van der Waals surface area contributed by atoms with E-state index in [2.05, 4.69) is 26.4 Å². The SMILES string of the molecule is COc1ncnc(C2CC2)c1/C(N)=N/c1c(C)ccc(=O)n1CC1=C=C/C=C(/N(N)/C(C)=C\CC(F)(F)F)C=C=C1. The van der Waals surface area contributed by atoms with Gasteiger partial charge >= 0.3 is 6.18 Å². The van der Waals surface area contributed by atoms with Crippen LogP contribution >= 0.6 is 0 Å². The van der Waals surface area contributed by atoms with Crippen molar-refractivity contribution in [3.05, 3.63) is 104 Å². The van der Waals surface area contributed by atoms with Gasteiger partial charge in [0.25, 0.3) is 5.56 Å². The first-order chi connectivity index (χ1) is 19.5. The monoisotopic (exact) mass is 565 g/mol. The minimum atomic E-state index is -4.33. The first-order valence-electron chi connectivity index (χ1n) is 12.8. The second-order valence-electron chi connectivity index (χ2n) is 9.60. The summed E-state index contributed by atoms with van der Waals surface area (Å²) < 4.78 is 44.6. The number of nitrogens with zero attached hydrogens (tertiary/aromatic N) is 5. The minimum absolute atomic E-state index is 0.0991. The van der Waals surface area contributed by atoms with Crippen LogP contribution in [0.15, 0.2) is 87.1 Å². The predicted molar refractivity (Wildman–Crippen MR) is 149 cm³/mol. The summed E-state index contributed by atoms with van der Waals surface area (Å²) in [5, 5.41) is 1.13. The molecule has 1 saturated carbocycles. The summed E-state index contributed by atoms with van der Waals surface area (Å²) in [5.74, 6) is 7.05. The molecule has 0 bridgehead atoms. The molecule has 4 N–H and O–H groups in total. The third-order valence-corrected chi connectivity index (χ3v) is 6.46. The number of rotatable bonds is 9. The van der Waals surface area contributed by atoms with E-state index in [-0.39, 0.29) is 29.6 Å². The van der Waals surface area contributed by atoms with Crippen molar-refractivity contribution in [1.29, 1.82) is 0 Å². The maximum absolute atomic E-state index is 13.0. The van der Waals surface area contributed by atoms with Gasteiger partial charge in [0, 0.05) is 29.3 Å². The fourth-order valence-corrected chi connectivity index (χ4v) is 4.12. The molecule has 2 aromatic heterocycles. The van der Waals surface area contributed by atoms with Crippen molar-refractivity contribution in [1.82, 2.24) is 19.5 Å². The molecule has 4 rings (SSSR count). The molecule has 0 spiro atoms. The molecule has 2 aliphatic carbocycles. The number of halogens is 3. The molecule has 2 aliphatic rings. The zero-order valence-electron chi connectivity index (χ0n) is 22.9. The van der Waals surface area contributed by atoms with E-state index in [9.17, 15) is 18.0 Å². The lowest BCUT2D eigenvalue weighted by molar-refractivity contribution is -0.125. The minimum Gasteiger partial charge on any atom is -0.480 e. The summed E-state index contributed by atoms with van der Waals surface area (Å²) in [6, 6.07) is 3.11. The molecule has 0 aliphatic heterocycles. The zero-order valence-corrected chi connectivity index (χ0v) is 22.9. The van der Waals surface area contributed by atoms with Crippen molar-refractivity contribution >= 4 is 11.7 Å². The fourth-order valence-electron chi connectivity index (χ4n) is 4.12. The van der Waals surface area contributed by atoms with Gasteiger partial charge in [0.15, 0.2) is 0 Å². The largest absolute Gasteiger partial charge is 0.480 e. The number of hydrogen-bond donors (Lipinski definition) is 2. The van der Waals surface area contributed by atoms with Crippen molar-refractivity contribution in [3.63, 3.8) is 0 Å². The highest BCUT2D eigenvalue weighted by Crippen LogP contribution is 2.42.